The lowest BCUT2D eigenvalue weighted by Gasteiger charge is -2.23. The molecule has 0 bridgehead atoms. The Bertz CT molecular complexity index is 706. The molecule has 1 aromatic carbocycles. The SMILES string of the molecule is CC(=O)OC(OCn1c(=O)sc2ccccc21)C(Cl)(Cl)Cl. The number of hydrogen-bond acceptors (Lipinski definition) is 5. The third-order valence-electron chi connectivity index (χ3n) is 2.47. The van der Waals surface area contributed by atoms with E-state index in [4.69, 9.17) is 44.3 Å². The summed E-state index contributed by atoms with van der Waals surface area (Å²) in [6.45, 7) is 0.966. The monoisotopic (exact) mass is 369 g/mol. The molecule has 1 unspecified atom stereocenters. The molecule has 0 fully saturated rings. The van der Waals surface area contributed by atoms with Gasteiger partial charge in [-0.05, 0) is 12.1 Å². The highest BCUT2D eigenvalue weighted by atomic mass is 35.6. The van der Waals surface area contributed by atoms with E-state index in [0.717, 1.165) is 16.0 Å². The average Bonchev–Trinajstić information content (AvgIpc) is 2.68. The van der Waals surface area contributed by atoms with E-state index < -0.39 is 16.1 Å². The lowest BCUT2D eigenvalue weighted by atomic mass is 10.3. The maximum absolute atomic E-state index is 11.9. The third kappa shape index (κ3) is 4.11. The van der Waals surface area contributed by atoms with Crippen molar-refractivity contribution in [2.45, 2.75) is 23.7 Å². The molecule has 1 heterocycles. The molecule has 0 N–H and O–H groups in total. The minimum absolute atomic E-state index is 0.200. The number of aromatic nitrogens is 1. The summed E-state index contributed by atoms with van der Waals surface area (Å²) in [5.41, 5.74) is 0.693. The van der Waals surface area contributed by atoms with Crippen LogP contribution >= 0.6 is 46.1 Å². The second-order valence-electron chi connectivity index (χ2n) is 4.04. The zero-order valence-corrected chi connectivity index (χ0v) is 13.8. The second kappa shape index (κ2) is 6.54. The van der Waals surface area contributed by atoms with Gasteiger partial charge in [-0.25, -0.2) is 0 Å². The van der Waals surface area contributed by atoms with Gasteiger partial charge in [-0.1, -0.05) is 58.3 Å². The zero-order valence-electron chi connectivity index (χ0n) is 10.7. The standard InChI is InChI=1S/C12H10Cl3NO4S/c1-7(17)20-10(12(13,14)15)19-6-16-8-4-2-3-5-9(8)21-11(16)18/h2-5,10H,6H2,1H3. The largest absolute Gasteiger partial charge is 0.431 e. The van der Waals surface area contributed by atoms with Crippen LogP contribution in [0, 0.1) is 0 Å². The predicted octanol–water partition coefficient (Wildman–Crippen LogP) is 3.30. The van der Waals surface area contributed by atoms with Crippen molar-refractivity contribution in [1.82, 2.24) is 4.57 Å². The van der Waals surface area contributed by atoms with E-state index >= 15 is 0 Å². The summed E-state index contributed by atoms with van der Waals surface area (Å²) in [5.74, 6) is -0.658. The summed E-state index contributed by atoms with van der Waals surface area (Å²) in [6.07, 6.45) is -1.41. The van der Waals surface area contributed by atoms with E-state index in [1.165, 1.54) is 11.5 Å². The quantitative estimate of drug-likeness (QED) is 0.471. The number of carbonyl (C=O) groups is 1. The van der Waals surface area contributed by atoms with Crippen molar-refractivity contribution in [2.24, 2.45) is 0 Å². The number of benzene rings is 1. The van der Waals surface area contributed by atoms with Gasteiger partial charge in [0.2, 0.25) is 0 Å². The number of fused-ring (bicyclic) bond motifs is 1. The molecule has 0 amide bonds. The number of alkyl halides is 3. The van der Waals surface area contributed by atoms with Gasteiger partial charge in [0.05, 0.1) is 10.2 Å². The second-order valence-corrected chi connectivity index (χ2v) is 7.40. The highest BCUT2D eigenvalue weighted by molar-refractivity contribution is 7.16. The maximum atomic E-state index is 11.9. The fraction of sp³-hybridized carbons (Fsp3) is 0.333. The first kappa shape index (κ1) is 16.6. The number of nitrogens with zero attached hydrogens (tertiary/aromatic N) is 1. The van der Waals surface area contributed by atoms with Crippen LogP contribution < -0.4 is 4.87 Å². The summed E-state index contributed by atoms with van der Waals surface area (Å²) in [6, 6.07) is 7.21. The Labute approximate surface area is 138 Å². The fourth-order valence-corrected chi connectivity index (χ4v) is 2.83. The normalized spacial score (nSPS) is 13.3. The van der Waals surface area contributed by atoms with E-state index in [0.29, 0.717) is 5.52 Å². The van der Waals surface area contributed by atoms with Crippen molar-refractivity contribution >= 4 is 62.3 Å². The molecule has 21 heavy (non-hydrogen) atoms. The Balaban J connectivity index is 2.21. The first-order chi connectivity index (χ1) is 9.79. The molecule has 1 atom stereocenters. The number of ether oxygens (including phenoxy) is 2. The van der Waals surface area contributed by atoms with Gasteiger partial charge in [0.25, 0.3) is 10.1 Å². The third-order valence-corrected chi connectivity index (χ3v) is 3.96. The van der Waals surface area contributed by atoms with Crippen LogP contribution in [-0.4, -0.2) is 20.6 Å². The van der Waals surface area contributed by atoms with E-state index in [2.05, 4.69) is 0 Å². The number of hydrogen-bond donors (Lipinski definition) is 0. The van der Waals surface area contributed by atoms with Crippen LogP contribution in [0.2, 0.25) is 0 Å². The van der Waals surface area contributed by atoms with Crippen molar-refractivity contribution in [3.8, 4) is 0 Å². The number of rotatable bonds is 4. The Morgan fingerprint density at radius 3 is 2.67 bits per heavy atom. The number of thiazole rings is 1. The first-order valence-corrected chi connectivity index (χ1v) is 7.68. The molecule has 2 aromatic rings. The lowest BCUT2D eigenvalue weighted by Crippen LogP contribution is -2.34. The van der Waals surface area contributed by atoms with Gasteiger partial charge in [0, 0.05) is 6.92 Å². The van der Waals surface area contributed by atoms with Crippen molar-refractivity contribution in [3.05, 3.63) is 33.9 Å². The van der Waals surface area contributed by atoms with Gasteiger partial charge in [0.15, 0.2) is 0 Å². The van der Waals surface area contributed by atoms with E-state index in [9.17, 15) is 9.59 Å². The van der Waals surface area contributed by atoms with E-state index in [-0.39, 0.29) is 11.6 Å². The maximum Gasteiger partial charge on any atom is 0.310 e. The van der Waals surface area contributed by atoms with Crippen LogP contribution in [0.25, 0.3) is 10.2 Å². The molecular weight excluding hydrogens is 361 g/mol. The van der Waals surface area contributed by atoms with Gasteiger partial charge in [-0.3, -0.25) is 14.2 Å². The van der Waals surface area contributed by atoms with E-state index in [1.54, 1.807) is 12.1 Å². The van der Waals surface area contributed by atoms with Crippen LogP contribution in [-0.2, 0) is 21.0 Å². The molecular formula is C12H10Cl3NO4S. The lowest BCUT2D eigenvalue weighted by molar-refractivity contribution is -0.182. The van der Waals surface area contributed by atoms with Crippen LogP contribution in [0.3, 0.4) is 0 Å². The molecule has 9 heteroatoms. The molecule has 0 aliphatic heterocycles. The van der Waals surface area contributed by atoms with Crippen LogP contribution in [0.4, 0.5) is 0 Å². The number of esters is 1. The summed E-state index contributed by atoms with van der Waals surface area (Å²) < 4.78 is 10.3. The van der Waals surface area contributed by atoms with Crippen molar-refractivity contribution < 1.29 is 14.3 Å². The molecule has 5 nitrogen and oxygen atoms in total. The van der Waals surface area contributed by atoms with Crippen molar-refractivity contribution in [1.29, 1.82) is 0 Å². The molecule has 0 aliphatic rings. The summed E-state index contributed by atoms with van der Waals surface area (Å²) in [4.78, 5) is 22.7. The summed E-state index contributed by atoms with van der Waals surface area (Å²) in [7, 11) is 0. The smallest absolute Gasteiger partial charge is 0.310 e. The minimum Gasteiger partial charge on any atom is -0.431 e. The summed E-state index contributed by atoms with van der Waals surface area (Å²) in [5, 5.41) is 0. The molecule has 2 rings (SSSR count). The van der Waals surface area contributed by atoms with Gasteiger partial charge in [-0.2, -0.15) is 0 Å². The van der Waals surface area contributed by atoms with Crippen LogP contribution in [0.15, 0.2) is 29.1 Å². The molecule has 0 aliphatic carbocycles. The predicted molar refractivity (Wildman–Crippen MR) is 83.0 cm³/mol. The highest BCUT2D eigenvalue weighted by Crippen LogP contribution is 2.33. The average molecular weight is 371 g/mol. The van der Waals surface area contributed by atoms with Gasteiger partial charge in [-0.15, -0.1) is 0 Å². The highest BCUT2D eigenvalue weighted by Gasteiger charge is 2.36. The van der Waals surface area contributed by atoms with Crippen molar-refractivity contribution in [3.63, 3.8) is 0 Å². The van der Waals surface area contributed by atoms with Gasteiger partial charge in [0.1, 0.15) is 6.73 Å². The van der Waals surface area contributed by atoms with Gasteiger partial charge < -0.3 is 9.47 Å². The zero-order chi connectivity index (χ0) is 15.6. The van der Waals surface area contributed by atoms with E-state index in [1.807, 2.05) is 12.1 Å². The fourth-order valence-electron chi connectivity index (χ4n) is 1.62. The molecule has 0 spiro atoms. The Hall–Kier alpha value is -0.790. The Morgan fingerprint density at radius 2 is 2.05 bits per heavy atom. The van der Waals surface area contributed by atoms with Crippen molar-refractivity contribution in [2.75, 3.05) is 0 Å². The number of para-hydroxylation sites is 1. The van der Waals surface area contributed by atoms with Gasteiger partial charge >= 0.3 is 10.8 Å². The first-order valence-electron chi connectivity index (χ1n) is 5.73. The van der Waals surface area contributed by atoms with Crippen LogP contribution in [0.5, 0.6) is 0 Å². The molecule has 0 saturated heterocycles. The molecule has 1 aromatic heterocycles. The Morgan fingerprint density at radius 1 is 1.38 bits per heavy atom. The van der Waals surface area contributed by atoms with Crippen LogP contribution in [0.1, 0.15) is 6.92 Å². The minimum atomic E-state index is -1.96. The molecule has 114 valence electrons. The number of halogens is 3. The Kier molecular flexibility index (Phi) is 5.16. The molecule has 0 radical (unpaired) electrons. The summed E-state index contributed by atoms with van der Waals surface area (Å²) >= 11 is 18.1. The topological polar surface area (TPSA) is 57.5 Å². The number of carbonyl (C=O) groups excluding carboxylic acids is 1. The molecule has 0 saturated carbocycles.